The predicted molar refractivity (Wildman–Crippen MR) is 60.9 cm³/mol. The summed E-state index contributed by atoms with van der Waals surface area (Å²) in [5, 5.41) is 8.79. The van der Waals surface area contributed by atoms with Gasteiger partial charge in [0.1, 0.15) is 0 Å². The van der Waals surface area contributed by atoms with Gasteiger partial charge in [-0.15, -0.1) is 0 Å². The SMILES string of the molecule is CC(C)(C)CCN1CCC[C@@H]1CC(=O)O. The highest BCUT2D eigenvalue weighted by Gasteiger charge is 2.27. The Hall–Kier alpha value is -0.570. The van der Waals surface area contributed by atoms with Crippen molar-refractivity contribution in [1.29, 1.82) is 0 Å². The van der Waals surface area contributed by atoms with Crippen LogP contribution in [0.4, 0.5) is 0 Å². The minimum Gasteiger partial charge on any atom is -0.481 e. The van der Waals surface area contributed by atoms with Crippen LogP contribution >= 0.6 is 0 Å². The molecule has 0 aliphatic carbocycles. The molecule has 1 atom stereocenters. The van der Waals surface area contributed by atoms with E-state index in [-0.39, 0.29) is 6.04 Å². The van der Waals surface area contributed by atoms with Gasteiger partial charge in [0.2, 0.25) is 0 Å². The van der Waals surface area contributed by atoms with Crippen molar-refractivity contribution in [3.8, 4) is 0 Å². The van der Waals surface area contributed by atoms with Crippen molar-refractivity contribution in [3.05, 3.63) is 0 Å². The second kappa shape index (κ2) is 4.97. The molecular formula is C12H23NO2. The molecule has 88 valence electrons. The van der Waals surface area contributed by atoms with Crippen molar-refractivity contribution >= 4 is 5.97 Å². The fourth-order valence-corrected chi connectivity index (χ4v) is 2.10. The lowest BCUT2D eigenvalue weighted by molar-refractivity contribution is -0.138. The van der Waals surface area contributed by atoms with Gasteiger partial charge in [0, 0.05) is 6.04 Å². The zero-order valence-electron chi connectivity index (χ0n) is 10.1. The Kier molecular flexibility index (Phi) is 4.14. The topological polar surface area (TPSA) is 40.5 Å². The minimum absolute atomic E-state index is 0.282. The lowest BCUT2D eigenvalue weighted by atomic mass is 9.92. The molecule has 1 saturated heterocycles. The molecule has 0 radical (unpaired) electrons. The van der Waals surface area contributed by atoms with Crippen LogP contribution in [0.1, 0.15) is 46.5 Å². The summed E-state index contributed by atoms with van der Waals surface area (Å²) in [7, 11) is 0. The van der Waals surface area contributed by atoms with Gasteiger partial charge in [0.25, 0.3) is 0 Å². The van der Waals surface area contributed by atoms with Gasteiger partial charge in [-0.25, -0.2) is 0 Å². The Morgan fingerprint density at radius 3 is 2.67 bits per heavy atom. The fraction of sp³-hybridized carbons (Fsp3) is 0.917. The molecule has 0 aromatic heterocycles. The number of carboxylic acids is 1. The highest BCUT2D eigenvalue weighted by atomic mass is 16.4. The van der Waals surface area contributed by atoms with Gasteiger partial charge < -0.3 is 5.11 Å². The summed E-state index contributed by atoms with van der Waals surface area (Å²) in [5.74, 6) is -0.664. The molecule has 0 saturated carbocycles. The van der Waals surface area contributed by atoms with Gasteiger partial charge in [-0.05, 0) is 37.8 Å². The van der Waals surface area contributed by atoms with E-state index in [1.165, 1.54) is 0 Å². The number of likely N-dealkylation sites (tertiary alicyclic amines) is 1. The first-order valence-corrected chi connectivity index (χ1v) is 5.84. The smallest absolute Gasteiger partial charge is 0.304 e. The Labute approximate surface area is 92.5 Å². The highest BCUT2D eigenvalue weighted by molar-refractivity contribution is 5.67. The Bertz CT molecular complexity index is 220. The normalized spacial score (nSPS) is 23.3. The summed E-state index contributed by atoms with van der Waals surface area (Å²) < 4.78 is 0. The fourth-order valence-electron chi connectivity index (χ4n) is 2.10. The van der Waals surface area contributed by atoms with Crippen LogP contribution in [0, 0.1) is 5.41 Å². The molecule has 3 heteroatoms. The van der Waals surface area contributed by atoms with E-state index in [1.54, 1.807) is 0 Å². The molecule has 15 heavy (non-hydrogen) atoms. The summed E-state index contributed by atoms with van der Waals surface area (Å²) >= 11 is 0. The van der Waals surface area contributed by atoms with E-state index < -0.39 is 5.97 Å². The molecule has 0 unspecified atom stereocenters. The maximum absolute atomic E-state index is 10.7. The van der Waals surface area contributed by atoms with Crippen LogP contribution in [-0.2, 0) is 4.79 Å². The average Bonchev–Trinajstić information content (AvgIpc) is 2.46. The molecule has 0 aromatic carbocycles. The van der Waals surface area contributed by atoms with E-state index in [0.717, 1.165) is 32.4 Å². The van der Waals surface area contributed by atoms with Gasteiger partial charge >= 0.3 is 5.97 Å². The zero-order valence-corrected chi connectivity index (χ0v) is 10.1. The largest absolute Gasteiger partial charge is 0.481 e. The third-order valence-corrected chi connectivity index (χ3v) is 3.06. The summed E-state index contributed by atoms with van der Waals surface area (Å²) in [6.07, 6.45) is 3.66. The Morgan fingerprint density at radius 1 is 1.47 bits per heavy atom. The molecule has 1 N–H and O–H groups in total. The maximum Gasteiger partial charge on any atom is 0.304 e. The van der Waals surface area contributed by atoms with Crippen LogP contribution in [0.15, 0.2) is 0 Å². The van der Waals surface area contributed by atoms with Crippen molar-refractivity contribution in [2.24, 2.45) is 5.41 Å². The Balaban J connectivity index is 2.36. The molecule has 1 aliphatic heterocycles. The van der Waals surface area contributed by atoms with Crippen LogP contribution in [0.5, 0.6) is 0 Å². The van der Waals surface area contributed by atoms with Crippen molar-refractivity contribution in [2.75, 3.05) is 13.1 Å². The second-order valence-electron chi connectivity index (χ2n) is 5.74. The lowest BCUT2D eigenvalue weighted by Gasteiger charge is -2.27. The standard InChI is InChI=1S/C12H23NO2/c1-12(2,3)6-8-13-7-4-5-10(13)9-11(14)15/h10H,4-9H2,1-3H3,(H,14,15)/t10-/m1/s1. The number of hydrogen-bond acceptors (Lipinski definition) is 2. The molecule has 1 aliphatic rings. The van der Waals surface area contributed by atoms with E-state index in [1.807, 2.05) is 0 Å². The van der Waals surface area contributed by atoms with Crippen LogP contribution in [-0.4, -0.2) is 35.1 Å². The monoisotopic (exact) mass is 213 g/mol. The second-order valence-corrected chi connectivity index (χ2v) is 5.74. The number of carbonyl (C=O) groups is 1. The quantitative estimate of drug-likeness (QED) is 0.779. The van der Waals surface area contributed by atoms with Crippen molar-refractivity contribution in [2.45, 2.75) is 52.5 Å². The molecule has 1 rings (SSSR count). The van der Waals surface area contributed by atoms with Crippen LogP contribution in [0.25, 0.3) is 0 Å². The number of rotatable bonds is 4. The van der Waals surface area contributed by atoms with E-state index in [2.05, 4.69) is 25.7 Å². The first-order valence-electron chi connectivity index (χ1n) is 5.84. The van der Waals surface area contributed by atoms with E-state index in [9.17, 15) is 4.79 Å². The maximum atomic E-state index is 10.7. The molecule has 0 aromatic rings. The first kappa shape index (κ1) is 12.5. The van der Waals surface area contributed by atoms with Crippen molar-refractivity contribution in [1.82, 2.24) is 4.90 Å². The molecular weight excluding hydrogens is 190 g/mol. The molecule has 0 spiro atoms. The third kappa shape index (κ3) is 4.65. The van der Waals surface area contributed by atoms with Crippen LogP contribution < -0.4 is 0 Å². The summed E-state index contributed by atoms with van der Waals surface area (Å²) in [5.41, 5.74) is 0.344. The van der Waals surface area contributed by atoms with E-state index in [0.29, 0.717) is 11.8 Å². The number of carboxylic acid groups (broad SMARTS) is 1. The van der Waals surface area contributed by atoms with Gasteiger partial charge in [-0.3, -0.25) is 9.69 Å². The van der Waals surface area contributed by atoms with E-state index >= 15 is 0 Å². The number of aliphatic carboxylic acids is 1. The molecule has 1 fully saturated rings. The summed E-state index contributed by atoms with van der Waals surface area (Å²) in [6, 6.07) is 0.282. The number of nitrogens with zero attached hydrogens (tertiary/aromatic N) is 1. The molecule has 3 nitrogen and oxygen atoms in total. The molecule has 1 heterocycles. The van der Waals surface area contributed by atoms with Gasteiger partial charge in [-0.2, -0.15) is 0 Å². The highest BCUT2D eigenvalue weighted by Crippen LogP contribution is 2.24. The van der Waals surface area contributed by atoms with Crippen LogP contribution in [0.2, 0.25) is 0 Å². The lowest BCUT2D eigenvalue weighted by Crippen LogP contribution is -2.33. The number of hydrogen-bond donors (Lipinski definition) is 1. The zero-order chi connectivity index (χ0) is 11.5. The minimum atomic E-state index is -0.664. The molecule has 0 amide bonds. The van der Waals surface area contributed by atoms with Gasteiger partial charge in [0.15, 0.2) is 0 Å². The average molecular weight is 213 g/mol. The van der Waals surface area contributed by atoms with E-state index in [4.69, 9.17) is 5.11 Å². The summed E-state index contributed by atoms with van der Waals surface area (Å²) in [4.78, 5) is 13.0. The third-order valence-electron chi connectivity index (χ3n) is 3.06. The first-order chi connectivity index (χ1) is 6.88. The van der Waals surface area contributed by atoms with Gasteiger partial charge in [0.05, 0.1) is 6.42 Å². The van der Waals surface area contributed by atoms with Crippen LogP contribution in [0.3, 0.4) is 0 Å². The molecule has 0 bridgehead atoms. The predicted octanol–water partition coefficient (Wildman–Crippen LogP) is 2.36. The van der Waals surface area contributed by atoms with Gasteiger partial charge in [-0.1, -0.05) is 20.8 Å². The Morgan fingerprint density at radius 2 is 2.13 bits per heavy atom. The summed E-state index contributed by atoms with van der Waals surface area (Å²) in [6.45, 7) is 8.81. The van der Waals surface area contributed by atoms with Crippen molar-refractivity contribution < 1.29 is 9.90 Å². The van der Waals surface area contributed by atoms with Crippen molar-refractivity contribution in [3.63, 3.8) is 0 Å².